The number of nitrogens with zero attached hydrogens (tertiary/aromatic N) is 3. The van der Waals surface area contributed by atoms with Crippen molar-refractivity contribution in [2.45, 2.75) is 12.5 Å². The smallest absolute Gasteiger partial charge is 0.250 e. The summed E-state index contributed by atoms with van der Waals surface area (Å²) >= 11 is 0. The number of aromatic amines is 1. The van der Waals surface area contributed by atoms with Crippen molar-refractivity contribution in [1.82, 2.24) is 15.0 Å². The molecule has 4 aromatic rings. The number of amides is 1. The Labute approximate surface area is 185 Å². The maximum atomic E-state index is 13.1. The minimum absolute atomic E-state index is 0.0212. The van der Waals surface area contributed by atoms with Gasteiger partial charge in [-0.2, -0.15) is 4.98 Å². The van der Waals surface area contributed by atoms with Crippen LogP contribution in [0.15, 0.2) is 60.9 Å². The van der Waals surface area contributed by atoms with Crippen molar-refractivity contribution in [1.29, 1.82) is 0 Å². The Bertz CT molecular complexity index is 1290. The van der Waals surface area contributed by atoms with E-state index in [1.807, 2.05) is 54.7 Å². The topological polar surface area (TPSA) is 92.4 Å². The van der Waals surface area contributed by atoms with Crippen molar-refractivity contribution in [2.75, 3.05) is 31.0 Å². The number of hydrogen-bond acceptors (Lipinski definition) is 6. The number of fused-ring (bicyclic) bond motifs is 1. The average Bonchev–Trinajstić information content (AvgIpc) is 3.46. The van der Waals surface area contributed by atoms with Gasteiger partial charge in [0.15, 0.2) is 0 Å². The lowest BCUT2D eigenvalue weighted by Gasteiger charge is -2.19. The zero-order valence-electron chi connectivity index (χ0n) is 17.8. The van der Waals surface area contributed by atoms with Crippen LogP contribution in [-0.4, -0.2) is 47.7 Å². The van der Waals surface area contributed by atoms with Gasteiger partial charge < -0.3 is 19.8 Å². The first-order valence-electron chi connectivity index (χ1n) is 10.4. The number of aromatic nitrogens is 3. The van der Waals surface area contributed by atoms with Crippen molar-refractivity contribution >= 4 is 28.4 Å². The van der Waals surface area contributed by atoms with Crippen LogP contribution >= 0.6 is 0 Å². The van der Waals surface area contributed by atoms with Gasteiger partial charge in [0.25, 0.3) is 5.91 Å². The third-order valence-electron chi connectivity index (χ3n) is 5.68. The SMILES string of the molecule is COc1cccc(NC2CCN(c3ccc(-c4ccnc5[nH]ccc45)c(OC)n3)C2=O)c1. The normalized spacial score (nSPS) is 15.9. The molecule has 1 aliphatic heterocycles. The highest BCUT2D eigenvalue weighted by molar-refractivity contribution is 6.01. The molecule has 3 aromatic heterocycles. The lowest BCUT2D eigenvalue weighted by Crippen LogP contribution is -2.33. The number of methoxy groups -OCH3 is 2. The minimum Gasteiger partial charge on any atom is -0.497 e. The monoisotopic (exact) mass is 429 g/mol. The summed E-state index contributed by atoms with van der Waals surface area (Å²) in [5.74, 6) is 1.76. The number of nitrogens with one attached hydrogen (secondary N) is 2. The van der Waals surface area contributed by atoms with Crippen LogP contribution in [0.25, 0.3) is 22.2 Å². The van der Waals surface area contributed by atoms with Gasteiger partial charge in [0, 0.05) is 41.6 Å². The molecule has 0 radical (unpaired) electrons. The maximum absolute atomic E-state index is 13.1. The highest BCUT2D eigenvalue weighted by Gasteiger charge is 2.33. The van der Waals surface area contributed by atoms with Crippen LogP contribution in [0.2, 0.25) is 0 Å². The van der Waals surface area contributed by atoms with E-state index in [9.17, 15) is 4.79 Å². The van der Waals surface area contributed by atoms with Gasteiger partial charge in [0.1, 0.15) is 23.3 Å². The molecule has 162 valence electrons. The van der Waals surface area contributed by atoms with Crippen LogP contribution in [0.5, 0.6) is 11.6 Å². The lowest BCUT2D eigenvalue weighted by atomic mass is 10.1. The first-order chi connectivity index (χ1) is 15.7. The first kappa shape index (κ1) is 19.9. The molecule has 1 unspecified atom stereocenters. The van der Waals surface area contributed by atoms with E-state index >= 15 is 0 Å². The molecule has 1 aliphatic rings. The Kier molecular flexibility index (Phi) is 5.10. The quantitative estimate of drug-likeness (QED) is 0.484. The Morgan fingerprint density at radius 3 is 2.84 bits per heavy atom. The number of H-pyrrole nitrogens is 1. The fraction of sp³-hybridized carbons (Fsp3) is 0.208. The average molecular weight is 429 g/mol. The molecule has 1 fully saturated rings. The predicted molar refractivity (Wildman–Crippen MR) is 123 cm³/mol. The van der Waals surface area contributed by atoms with Crippen molar-refractivity contribution in [3.63, 3.8) is 0 Å². The largest absolute Gasteiger partial charge is 0.497 e. The molecule has 0 bridgehead atoms. The van der Waals surface area contributed by atoms with Crippen LogP contribution in [0.3, 0.4) is 0 Å². The third-order valence-corrected chi connectivity index (χ3v) is 5.68. The Morgan fingerprint density at radius 1 is 1.09 bits per heavy atom. The minimum atomic E-state index is -0.325. The molecule has 4 heterocycles. The third kappa shape index (κ3) is 3.49. The lowest BCUT2D eigenvalue weighted by molar-refractivity contribution is -0.117. The standard InChI is InChI=1S/C24H23N5O3/c1-31-16-5-3-4-15(14-16)27-20-10-13-29(24(20)30)21-7-6-19(23(28-21)32-2)17-8-11-25-22-18(17)9-12-26-22/h3-9,11-12,14,20,27H,10,13H2,1-2H3,(H,25,26). The van der Waals surface area contributed by atoms with E-state index in [4.69, 9.17) is 9.47 Å². The molecule has 1 saturated heterocycles. The summed E-state index contributed by atoms with van der Waals surface area (Å²) in [6.07, 6.45) is 4.28. The zero-order chi connectivity index (χ0) is 22.1. The summed E-state index contributed by atoms with van der Waals surface area (Å²) in [5.41, 5.74) is 3.46. The molecule has 0 spiro atoms. The highest BCUT2D eigenvalue weighted by Crippen LogP contribution is 2.35. The fourth-order valence-electron chi connectivity index (χ4n) is 4.09. The van der Waals surface area contributed by atoms with Gasteiger partial charge in [-0.05, 0) is 48.4 Å². The summed E-state index contributed by atoms with van der Waals surface area (Å²) in [5, 5.41) is 4.29. The second-order valence-electron chi connectivity index (χ2n) is 7.53. The van der Waals surface area contributed by atoms with Crippen molar-refractivity contribution in [3.05, 3.63) is 60.9 Å². The van der Waals surface area contributed by atoms with Crippen molar-refractivity contribution < 1.29 is 14.3 Å². The molecule has 1 amide bonds. The van der Waals surface area contributed by atoms with E-state index in [0.717, 1.165) is 33.6 Å². The number of carbonyl (C=O) groups excluding carboxylic acids is 1. The van der Waals surface area contributed by atoms with Crippen LogP contribution in [0.1, 0.15) is 6.42 Å². The number of carbonyl (C=O) groups is 1. The Hall–Kier alpha value is -4.07. The van der Waals surface area contributed by atoms with Gasteiger partial charge in [-0.15, -0.1) is 0 Å². The second kappa shape index (κ2) is 8.22. The number of hydrogen-bond donors (Lipinski definition) is 2. The van der Waals surface area contributed by atoms with Crippen LogP contribution < -0.4 is 19.7 Å². The summed E-state index contributed by atoms with van der Waals surface area (Å²) in [6, 6.07) is 15.0. The zero-order valence-corrected chi connectivity index (χ0v) is 17.8. The summed E-state index contributed by atoms with van der Waals surface area (Å²) in [7, 11) is 3.21. The Morgan fingerprint density at radius 2 is 2.00 bits per heavy atom. The Balaban J connectivity index is 1.40. The molecule has 8 nitrogen and oxygen atoms in total. The van der Waals surface area contributed by atoms with E-state index in [1.54, 1.807) is 25.3 Å². The number of benzene rings is 1. The van der Waals surface area contributed by atoms with Crippen LogP contribution in [0, 0.1) is 0 Å². The number of ether oxygens (including phenoxy) is 2. The molecule has 1 aromatic carbocycles. The number of rotatable bonds is 6. The molecule has 32 heavy (non-hydrogen) atoms. The van der Waals surface area contributed by atoms with Gasteiger partial charge >= 0.3 is 0 Å². The van der Waals surface area contributed by atoms with Crippen LogP contribution in [0.4, 0.5) is 11.5 Å². The van der Waals surface area contributed by atoms with Crippen LogP contribution in [-0.2, 0) is 4.79 Å². The molecule has 8 heteroatoms. The molecular formula is C24H23N5O3. The number of anilines is 2. The van der Waals surface area contributed by atoms with Gasteiger partial charge in [0.2, 0.25) is 5.88 Å². The molecule has 0 aliphatic carbocycles. The number of pyridine rings is 2. The van der Waals surface area contributed by atoms with E-state index in [2.05, 4.69) is 20.3 Å². The van der Waals surface area contributed by atoms with Crippen molar-refractivity contribution in [3.8, 4) is 22.8 Å². The maximum Gasteiger partial charge on any atom is 0.250 e. The second-order valence-corrected chi connectivity index (χ2v) is 7.53. The predicted octanol–water partition coefficient (Wildman–Crippen LogP) is 3.86. The molecule has 0 saturated carbocycles. The first-order valence-corrected chi connectivity index (χ1v) is 10.4. The molecule has 1 atom stereocenters. The molecular weight excluding hydrogens is 406 g/mol. The highest BCUT2D eigenvalue weighted by atomic mass is 16.5. The fourth-order valence-corrected chi connectivity index (χ4v) is 4.09. The van der Waals surface area contributed by atoms with Gasteiger partial charge in [-0.25, -0.2) is 4.98 Å². The van der Waals surface area contributed by atoms with E-state index in [-0.39, 0.29) is 11.9 Å². The van der Waals surface area contributed by atoms with E-state index in [1.165, 1.54) is 0 Å². The molecule has 5 rings (SSSR count). The molecule has 2 N–H and O–H groups in total. The summed E-state index contributed by atoms with van der Waals surface area (Å²) in [6.45, 7) is 0.577. The summed E-state index contributed by atoms with van der Waals surface area (Å²) < 4.78 is 10.9. The van der Waals surface area contributed by atoms with E-state index in [0.29, 0.717) is 24.7 Å². The van der Waals surface area contributed by atoms with E-state index < -0.39 is 0 Å². The van der Waals surface area contributed by atoms with Gasteiger partial charge in [-0.3, -0.25) is 9.69 Å². The summed E-state index contributed by atoms with van der Waals surface area (Å²) in [4.78, 5) is 26.9. The van der Waals surface area contributed by atoms with Gasteiger partial charge in [0.05, 0.1) is 14.2 Å². The van der Waals surface area contributed by atoms with Gasteiger partial charge in [-0.1, -0.05) is 6.07 Å². The van der Waals surface area contributed by atoms with Crippen molar-refractivity contribution in [2.24, 2.45) is 0 Å².